The Labute approximate surface area is 191 Å². The van der Waals surface area contributed by atoms with E-state index in [0.717, 1.165) is 22.7 Å². The zero-order valence-corrected chi connectivity index (χ0v) is 19.2. The Morgan fingerprint density at radius 3 is 2.30 bits per heavy atom. The van der Waals surface area contributed by atoms with E-state index in [-0.39, 0.29) is 42.3 Å². The molecule has 1 aliphatic heterocycles. The number of hydrogen-bond donors (Lipinski definition) is 1. The lowest BCUT2D eigenvalue weighted by Gasteiger charge is -2.33. The van der Waals surface area contributed by atoms with Crippen LogP contribution in [0.1, 0.15) is 10.4 Å². The normalized spacial score (nSPS) is 15.2. The van der Waals surface area contributed by atoms with Crippen LogP contribution in [0.2, 0.25) is 0 Å². The highest BCUT2D eigenvalue weighted by molar-refractivity contribution is 7.92. The van der Waals surface area contributed by atoms with Gasteiger partial charge in [0.15, 0.2) is 6.61 Å². The maximum absolute atomic E-state index is 13.4. The molecule has 178 valence electrons. The lowest BCUT2D eigenvalue weighted by atomic mass is 10.2. The Bertz CT molecular complexity index is 1260. The fourth-order valence-electron chi connectivity index (χ4n) is 3.18. The van der Waals surface area contributed by atoms with E-state index in [1.807, 2.05) is 0 Å². The van der Waals surface area contributed by atoms with Crippen molar-refractivity contribution in [1.29, 1.82) is 0 Å². The summed E-state index contributed by atoms with van der Waals surface area (Å²) in [6, 6.07) is 10.3. The van der Waals surface area contributed by atoms with Crippen molar-refractivity contribution in [3.05, 3.63) is 59.9 Å². The van der Waals surface area contributed by atoms with Gasteiger partial charge in [0, 0.05) is 31.9 Å². The monoisotopic (exact) mass is 499 g/mol. The van der Waals surface area contributed by atoms with Crippen LogP contribution in [0.3, 0.4) is 0 Å². The number of ether oxygens (including phenoxy) is 1. The summed E-state index contributed by atoms with van der Waals surface area (Å²) in [5, 5.41) is 0. The molecule has 10 nitrogen and oxygen atoms in total. The van der Waals surface area contributed by atoms with Gasteiger partial charge in [-0.3, -0.25) is 9.52 Å². The average molecular weight is 500 g/mol. The van der Waals surface area contributed by atoms with Crippen LogP contribution in [0.15, 0.2) is 53.4 Å². The number of benzene rings is 2. The van der Waals surface area contributed by atoms with Gasteiger partial charge >= 0.3 is 5.97 Å². The topological polar surface area (TPSA) is 130 Å². The Morgan fingerprint density at radius 1 is 1.00 bits per heavy atom. The van der Waals surface area contributed by atoms with Crippen molar-refractivity contribution >= 4 is 37.6 Å². The number of sulfonamides is 2. The standard InChI is InChI=1S/C20H22FN3O7S2/c1-32(27,28)22-17-6-2-4-15(12-17)20(26)31-14-19(25)23-8-10-24(11-9-23)33(29,30)18-7-3-5-16(21)13-18/h2-7,12-13,22H,8-11,14H2,1H3. The molecule has 1 N–H and O–H groups in total. The Kier molecular flexibility index (Phi) is 7.34. The van der Waals surface area contributed by atoms with Gasteiger partial charge in [-0.05, 0) is 36.4 Å². The molecule has 3 rings (SSSR count). The molecule has 0 aliphatic carbocycles. The van der Waals surface area contributed by atoms with Gasteiger partial charge in [0.1, 0.15) is 5.82 Å². The molecule has 0 spiro atoms. The van der Waals surface area contributed by atoms with Crippen molar-refractivity contribution in [2.75, 3.05) is 43.8 Å². The highest BCUT2D eigenvalue weighted by Gasteiger charge is 2.30. The largest absolute Gasteiger partial charge is 0.452 e. The van der Waals surface area contributed by atoms with E-state index >= 15 is 0 Å². The number of amides is 1. The highest BCUT2D eigenvalue weighted by Crippen LogP contribution is 2.19. The number of esters is 1. The van der Waals surface area contributed by atoms with E-state index in [2.05, 4.69) is 4.72 Å². The molecule has 1 saturated heterocycles. The minimum atomic E-state index is -3.89. The molecule has 0 unspecified atom stereocenters. The molecule has 0 bridgehead atoms. The summed E-state index contributed by atoms with van der Waals surface area (Å²) >= 11 is 0. The molecular formula is C20H22FN3O7S2. The van der Waals surface area contributed by atoms with E-state index in [0.29, 0.717) is 0 Å². The van der Waals surface area contributed by atoms with Crippen molar-refractivity contribution in [3.8, 4) is 0 Å². The number of anilines is 1. The predicted molar refractivity (Wildman–Crippen MR) is 117 cm³/mol. The molecule has 0 aromatic heterocycles. The number of halogens is 1. The van der Waals surface area contributed by atoms with Crippen LogP contribution in [-0.2, 0) is 29.6 Å². The Balaban J connectivity index is 1.53. The maximum atomic E-state index is 13.4. The van der Waals surface area contributed by atoms with Crippen LogP contribution < -0.4 is 4.72 Å². The molecule has 0 saturated carbocycles. The number of carbonyl (C=O) groups excluding carboxylic acids is 2. The molecule has 1 fully saturated rings. The second-order valence-corrected chi connectivity index (χ2v) is 11.0. The third-order valence-electron chi connectivity index (χ3n) is 4.75. The van der Waals surface area contributed by atoms with Gasteiger partial charge in [0.25, 0.3) is 5.91 Å². The Morgan fingerprint density at radius 2 is 1.67 bits per heavy atom. The average Bonchev–Trinajstić information content (AvgIpc) is 2.76. The summed E-state index contributed by atoms with van der Waals surface area (Å²) in [5.74, 6) is -1.98. The van der Waals surface area contributed by atoms with Crippen LogP contribution in [-0.4, -0.2) is 77.0 Å². The number of nitrogens with one attached hydrogen (secondary N) is 1. The molecule has 0 atom stereocenters. The van der Waals surface area contributed by atoms with Crippen LogP contribution >= 0.6 is 0 Å². The van der Waals surface area contributed by atoms with Gasteiger partial charge in [0.2, 0.25) is 20.0 Å². The first-order valence-electron chi connectivity index (χ1n) is 9.74. The summed E-state index contributed by atoms with van der Waals surface area (Å²) < 4.78 is 69.7. The smallest absolute Gasteiger partial charge is 0.338 e. The summed E-state index contributed by atoms with van der Waals surface area (Å²) in [7, 11) is -7.41. The first-order valence-corrected chi connectivity index (χ1v) is 13.1. The quantitative estimate of drug-likeness (QED) is 0.560. The zero-order valence-electron chi connectivity index (χ0n) is 17.6. The first kappa shape index (κ1) is 24.6. The molecule has 0 radical (unpaired) electrons. The zero-order chi connectivity index (χ0) is 24.2. The fraction of sp³-hybridized carbons (Fsp3) is 0.300. The van der Waals surface area contributed by atoms with Gasteiger partial charge in [-0.2, -0.15) is 4.31 Å². The van der Waals surface area contributed by atoms with Crippen molar-refractivity contribution in [2.24, 2.45) is 0 Å². The van der Waals surface area contributed by atoms with E-state index < -0.39 is 44.3 Å². The lowest BCUT2D eigenvalue weighted by molar-refractivity contribution is -0.135. The molecule has 1 amide bonds. The molecule has 2 aromatic rings. The van der Waals surface area contributed by atoms with Crippen LogP contribution in [0.4, 0.5) is 10.1 Å². The summed E-state index contributed by atoms with van der Waals surface area (Å²) in [6.07, 6.45) is 0.972. The summed E-state index contributed by atoms with van der Waals surface area (Å²) in [4.78, 5) is 25.8. The number of hydrogen-bond acceptors (Lipinski definition) is 7. The predicted octanol–water partition coefficient (Wildman–Crippen LogP) is 0.887. The van der Waals surface area contributed by atoms with E-state index in [9.17, 15) is 30.8 Å². The van der Waals surface area contributed by atoms with Crippen LogP contribution in [0.25, 0.3) is 0 Å². The van der Waals surface area contributed by atoms with Gasteiger partial charge in [0.05, 0.1) is 16.7 Å². The van der Waals surface area contributed by atoms with Crippen LogP contribution in [0, 0.1) is 5.82 Å². The van der Waals surface area contributed by atoms with Gasteiger partial charge in [-0.15, -0.1) is 0 Å². The fourth-order valence-corrected chi connectivity index (χ4v) is 5.19. The maximum Gasteiger partial charge on any atom is 0.338 e. The number of nitrogens with zero attached hydrogens (tertiary/aromatic N) is 2. The van der Waals surface area contributed by atoms with Crippen molar-refractivity contribution in [1.82, 2.24) is 9.21 Å². The van der Waals surface area contributed by atoms with Crippen molar-refractivity contribution in [2.45, 2.75) is 4.90 Å². The minimum Gasteiger partial charge on any atom is -0.452 e. The summed E-state index contributed by atoms with van der Waals surface area (Å²) in [6.45, 7) is -0.369. The lowest BCUT2D eigenvalue weighted by Crippen LogP contribution is -2.51. The van der Waals surface area contributed by atoms with Crippen molar-refractivity contribution < 1.29 is 35.6 Å². The number of piperazine rings is 1. The van der Waals surface area contributed by atoms with E-state index in [1.54, 1.807) is 0 Å². The number of rotatable bonds is 7. The second kappa shape index (κ2) is 9.85. The first-order chi connectivity index (χ1) is 15.5. The molecule has 33 heavy (non-hydrogen) atoms. The summed E-state index contributed by atoms with van der Waals surface area (Å²) in [5.41, 5.74) is 0.233. The molecular weight excluding hydrogens is 477 g/mol. The molecule has 1 heterocycles. The number of carbonyl (C=O) groups is 2. The highest BCUT2D eigenvalue weighted by atomic mass is 32.2. The molecule has 2 aromatic carbocycles. The SMILES string of the molecule is CS(=O)(=O)Nc1cccc(C(=O)OCC(=O)N2CCN(S(=O)(=O)c3cccc(F)c3)CC2)c1. The van der Waals surface area contributed by atoms with Crippen LogP contribution in [0.5, 0.6) is 0 Å². The third kappa shape index (κ3) is 6.49. The van der Waals surface area contributed by atoms with Gasteiger partial charge < -0.3 is 9.64 Å². The Hall–Kier alpha value is -3.03. The van der Waals surface area contributed by atoms with Crippen molar-refractivity contribution in [3.63, 3.8) is 0 Å². The minimum absolute atomic E-state index is 0.0116. The molecule has 13 heteroatoms. The van der Waals surface area contributed by atoms with E-state index in [4.69, 9.17) is 4.74 Å². The van der Waals surface area contributed by atoms with Gasteiger partial charge in [-0.1, -0.05) is 12.1 Å². The van der Waals surface area contributed by atoms with Gasteiger partial charge in [-0.25, -0.2) is 26.0 Å². The third-order valence-corrected chi connectivity index (χ3v) is 7.25. The second-order valence-electron chi connectivity index (χ2n) is 7.27. The van der Waals surface area contributed by atoms with E-state index in [1.165, 1.54) is 41.3 Å². The molecule has 1 aliphatic rings.